The number of nitrogens with one attached hydrogen (secondary N) is 2. The van der Waals surface area contributed by atoms with E-state index in [0.717, 1.165) is 28.9 Å². The van der Waals surface area contributed by atoms with Crippen LogP contribution in [-0.2, 0) is 0 Å². The van der Waals surface area contributed by atoms with E-state index in [-0.39, 0.29) is 17.7 Å². The number of hydrogen-bond donors (Lipinski definition) is 3. The predicted molar refractivity (Wildman–Crippen MR) is 115 cm³/mol. The van der Waals surface area contributed by atoms with E-state index in [1.807, 2.05) is 30.3 Å². The molecule has 5 heteroatoms. The molecule has 3 nitrogen and oxygen atoms in total. The third-order valence-electron chi connectivity index (χ3n) is 5.50. The predicted octanol–water partition coefficient (Wildman–Crippen LogP) is 6.00. The number of para-hydroxylation sites is 1. The van der Waals surface area contributed by atoms with Gasteiger partial charge in [-0.15, -0.1) is 0 Å². The molecular weight excluding hydrogens is 391 g/mol. The summed E-state index contributed by atoms with van der Waals surface area (Å²) >= 11 is 12.7. The maximum absolute atomic E-state index is 9.65. The monoisotopic (exact) mass is 408 g/mol. The molecular formula is C23H18Cl2N2O. The van der Waals surface area contributed by atoms with Gasteiger partial charge in [-0.3, -0.25) is 0 Å². The minimum absolute atomic E-state index is 0.0188. The zero-order chi connectivity index (χ0) is 19.3. The number of fused-ring (bicyclic) bond motifs is 3. The molecule has 2 heterocycles. The van der Waals surface area contributed by atoms with E-state index >= 15 is 0 Å². The number of hydrogen-bond acceptors (Lipinski definition) is 2. The lowest BCUT2D eigenvalue weighted by atomic mass is 9.83. The quantitative estimate of drug-likeness (QED) is 0.380. The number of phenols is 1. The number of aromatic nitrogens is 1. The van der Waals surface area contributed by atoms with Gasteiger partial charge >= 0.3 is 0 Å². The van der Waals surface area contributed by atoms with E-state index in [1.54, 1.807) is 18.2 Å². The van der Waals surface area contributed by atoms with Crippen LogP contribution in [0, 0.1) is 0 Å². The van der Waals surface area contributed by atoms with E-state index in [2.05, 4.69) is 28.5 Å². The second kappa shape index (κ2) is 6.85. The van der Waals surface area contributed by atoms with Gasteiger partial charge in [0.25, 0.3) is 0 Å². The van der Waals surface area contributed by atoms with Gasteiger partial charge in [-0.1, -0.05) is 59.6 Å². The fourth-order valence-corrected chi connectivity index (χ4v) is 4.77. The summed E-state index contributed by atoms with van der Waals surface area (Å²) < 4.78 is 0. The van der Waals surface area contributed by atoms with Crippen molar-refractivity contribution in [1.82, 2.24) is 10.3 Å². The number of aromatic hydroxyl groups is 1. The molecule has 0 unspecified atom stereocenters. The smallest absolute Gasteiger partial charge is 0.115 e. The van der Waals surface area contributed by atoms with Crippen molar-refractivity contribution in [2.45, 2.75) is 12.0 Å². The lowest BCUT2D eigenvalue weighted by molar-refractivity contribution is 0.474. The van der Waals surface area contributed by atoms with Crippen LogP contribution >= 0.6 is 23.2 Å². The molecule has 1 aliphatic heterocycles. The largest absolute Gasteiger partial charge is 0.508 e. The fourth-order valence-electron chi connectivity index (χ4n) is 4.23. The van der Waals surface area contributed by atoms with Crippen molar-refractivity contribution < 1.29 is 5.11 Å². The molecule has 0 fully saturated rings. The van der Waals surface area contributed by atoms with Crippen LogP contribution in [-0.4, -0.2) is 16.6 Å². The first-order valence-corrected chi connectivity index (χ1v) is 9.95. The first-order valence-electron chi connectivity index (χ1n) is 9.19. The SMILES string of the molecule is Oc1ccc([C@H]2NC[C@H](c3ccc(Cl)cc3Cl)c3c2[nH]c2ccccc32)cc1. The molecule has 5 rings (SSSR count). The molecule has 0 saturated carbocycles. The molecule has 140 valence electrons. The van der Waals surface area contributed by atoms with Gasteiger partial charge in [0.15, 0.2) is 0 Å². The van der Waals surface area contributed by atoms with Gasteiger partial charge in [-0.25, -0.2) is 0 Å². The van der Waals surface area contributed by atoms with Crippen LogP contribution in [0.4, 0.5) is 0 Å². The molecule has 0 aliphatic carbocycles. The highest BCUT2D eigenvalue weighted by Gasteiger charge is 2.33. The zero-order valence-electron chi connectivity index (χ0n) is 14.9. The lowest BCUT2D eigenvalue weighted by Gasteiger charge is -2.32. The topological polar surface area (TPSA) is 48.0 Å². The summed E-state index contributed by atoms with van der Waals surface area (Å²) in [5.41, 5.74) is 5.67. The number of rotatable bonds is 2. The molecule has 0 saturated heterocycles. The highest BCUT2D eigenvalue weighted by atomic mass is 35.5. The summed E-state index contributed by atoms with van der Waals surface area (Å²) in [4.78, 5) is 3.62. The standard InChI is InChI=1S/C23H18Cl2N2O/c24-14-7-10-16(19(25)11-14)18-12-26-22(13-5-8-15(28)9-6-13)23-21(18)17-3-1-2-4-20(17)27-23/h1-11,18,22,26-28H,12H2/t18-,22-/m1/s1. The van der Waals surface area contributed by atoms with Crippen LogP contribution in [0.2, 0.25) is 10.0 Å². The molecule has 1 aliphatic rings. The minimum atomic E-state index is 0.0188. The van der Waals surface area contributed by atoms with Crippen LogP contribution in [0.5, 0.6) is 5.75 Å². The molecule has 28 heavy (non-hydrogen) atoms. The van der Waals surface area contributed by atoms with Crippen LogP contribution < -0.4 is 5.32 Å². The Morgan fingerprint density at radius 3 is 2.50 bits per heavy atom. The Morgan fingerprint density at radius 1 is 0.929 bits per heavy atom. The third kappa shape index (κ3) is 2.87. The van der Waals surface area contributed by atoms with Crippen molar-refractivity contribution in [3.05, 3.63) is 99.2 Å². The molecule has 0 radical (unpaired) electrons. The fraction of sp³-hybridized carbons (Fsp3) is 0.130. The summed E-state index contributed by atoms with van der Waals surface area (Å²) in [6.45, 7) is 0.752. The highest BCUT2D eigenvalue weighted by molar-refractivity contribution is 6.35. The molecule has 1 aromatic heterocycles. The number of aromatic amines is 1. The second-order valence-corrected chi connectivity index (χ2v) is 7.99. The first kappa shape index (κ1) is 17.6. The minimum Gasteiger partial charge on any atom is -0.508 e. The van der Waals surface area contributed by atoms with Crippen molar-refractivity contribution in [1.29, 1.82) is 0 Å². The van der Waals surface area contributed by atoms with E-state index < -0.39 is 0 Å². The number of benzene rings is 3. The van der Waals surface area contributed by atoms with Crippen molar-refractivity contribution in [3.8, 4) is 5.75 Å². The molecule has 3 N–H and O–H groups in total. The molecule has 2 atom stereocenters. The van der Waals surface area contributed by atoms with Crippen LogP contribution in [0.3, 0.4) is 0 Å². The summed E-state index contributed by atoms with van der Waals surface area (Å²) in [6, 6.07) is 21.4. The van der Waals surface area contributed by atoms with Gasteiger partial charge < -0.3 is 15.4 Å². The Labute approximate surface area is 172 Å². The number of H-pyrrole nitrogens is 1. The van der Waals surface area contributed by atoms with E-state index in [1.165, 1.54) is 10.9 Å². The first-order chi connectivity index (χ1) is 13.6. The average molecular weight is 409 g/mol. The average Bonchev–Trinajstić information content (AvgIpc) is 3.08. The molecule has 0 bridgehead atoms. The van der Waals surface area contributed by atoms with Crippen LogP contribution in [0.25, 0.3) is 10.9 Å². The summed E-state index contributed by atoms with van der Waals surface area (Å²) in [5.74, 6) is 0.381. The van der Waals surface area contributed by atoms with Gasteiger partial charge in [0, 0.05) is 39.1 Å². The molecule has 0 amide bonds. The van der Waals surface area contributed by atoms with E-state index in [9.17, 15) is 5.11 Å². The van der Waals surface area contributed by atoms with Gasteiger partial charge in [-0.05, 0) is 47.0 Å². The Balaban J connectivity index is 1.71. The van der Waals surface area contributed by atoms with Gasteiger partial charge in [0.2, 0.25) is 0 Å². The Morgan fingerprint density at radius 2 is 1.71 bits per heavy atom. The molecule has 4 aromatic rings. The van der Waals surface area contributed by atoms with Crippen LogP contribution in [0.1, 0.15) is 34.3 Å². The maximum Gasteiger partial charge on any atom is 0.115 e. The van der Waals surface area contributed by atoms with E-state index in [0.29, 0.717) is 10.0 Å². The van der Waals surface area contributed by atoms with Gasteiger partial charge in [-0.2, -0.15) is 0 Å². The Bertz CT molecular complexity index is 1170. The number of halogens is 2. The van der Waals surface area contributed by atoms with Crippen LogP contribution in [0.15, 0.2) is 66.7 Å². The number of phenolic OH excluding ortho intramolecular Hbond substituents is 1. The Kier molecular flexibility index (Phi) is 4.31. The van der Waals surface area contributed by atoms with Crippen molar-refractivity contribution in [2.75, 3.05) is 6.54 Å². The van der Waals surface area contributed by atoms with Crippen molar-refractivity contribution >= 4 is 34.1 Å². The highest BCUT2D eigenvalue weighted by Crippen LogP contribution is 2.43. The van der Waals surface area contributed by atoms with Gasteiger partial charge in [0.05, 0.1) is 6.04 Å². The Hall–Kier alpha value is -2.46. The van der Waals surface area contributed by atoms with Gasteiger partial charge in [0.1, 0.15) is 5.75 Å². The van der Waals surface area contributed by atoms with Crippen molar-refractivity contribution in [2.24, 2.45) is 0 Å². The summed E-state index contributed by atoms with van der Waals surface area (Å²) in [7, 11) is 0. The van der Waals surface area contributed by atoms with Crippen molar-refractivity contribution in [3.63, 3.8) is 0 Å². The maximum atomic E-state index is 9.65. The van der Waals surface area contributed by atoms with E-state index in [4.69, 9.17) is 23.2 Å². The summed E-state index contributed by atoms with van der Waals surface area (Å²) in [6.07, 6.45) is 0. The summed E-state index contributed by atoms with van der Waals surface area (Å²) in [5, 5.41) is 15.8. The second-order valence-electron chi connectivity index (χ2n) is 7.15. The zero-order valence-corrected chi connectivity index (χ0v) is 16.4. The third-order valence-corrected chi connectivity index (χ3v) is 6.07. The normalized spacial score (nSPS) is 18.9. The molecule has 0 spiro atoms. The molecule has 3 aromatic carbocycles. The lowest BCUT2D eigenvalue weighted by Crippen LogP contribution is -2.34.